The molecule has 0 aromatic heterocycles. The normalized spacial score (nSPS) is 12.8. The van der Waals surface area contributed by atoms with Crippen molar-refractivity contribution in [1.29, 1.82) is 0 Å². The lowest BCUT2D eigenvalue weighted by Crippen LogP contribution is -2.39. The van der Waals surface area contributed by atoms with Crippen molar-refractivity contribution in [3.8, 4) is 0 Å². The minimum atomic E-state index is -1.08. The van der Waals surface area contributed by atoms with Crippen LogP contribution in [-0.2, 0) is 16.0 Å². The van der Waals surface area contributed by atoms with Gasteiger partial charge in [0, 0.05) is 12.5 Å². The second-order valence-electron chi connectivity index (χ2n) is 5.35. The zero-order valence-corrected chi connectivity index (χ0v) is 11.6. The minimum absolute atomic E-state index is 0.0116. The molecule has 7 heteroatoms. The summed E-state index contributed by atoms with van der Waals surface area (Å²) in [4.78, 5) is 21.5. The molecule has 0 aliphatic carbocycles. The fourth-order valence-electron chi connectivity index (χ4n) is 1.56. The average Bonchev–Trinajstić information content (AvgIpc) is 2.29. The molecule has 0 fully saturated rings. The van der Waals surface area contributed by atoms with E-state index in [2.05, 4.69) is 0 Å². The summed E-state index contributed by atoms with van der Waals surface area (Å²) < 4.78 is 18.9. The molecular weight excluding hydrogens is 267 g/mol. The molecule has 0 spiro atoms. The van der Waals surface area contributed by atoms with Gasteiger partial charge in [-0.1, -0.05) is 12.1 Å². The van der Waals surface area contributed by atoms with E-state index in [1.807, 2.05) is 0 Å². The lowest BCUT2D eigenvalue weighted by Gasteiger charge is -2.22. The van der Waals surface area contributed by atoms with Gasteiger partial charge in [-0.3, -0.25) is 14.9 Å². The Morgan fingerprint density at radius 3 is 2.60 bits per heavy atom. The zero-order chi connectivity index (χ0) is 15.5. The number of nitro groups is 1. The molecule has 0 radical (unpaired) electrons. The Hall–Kier alpha value is -2.02. The van der Waals surface area contributed by atoms with E-state index < -0.39 is 34.0 Å². The molecule has 20 heavy (non-hydrogen) atoms. The second kappa shape index (κ2) is 5.96. The number of rotatable bonds is 4. The van der Waals surface area contributed by atoms with E-state index in [-0.39, 0.29) is 12.0 Å². The van der Waals surface area contributed by atoms with Crippen LogP contribution in [-0.4, -0.2) is 22.5 Å². The molecule has 6 nitrogen and oxygen atoms in total. The maximum atomic E-state index is 13.8. The number of carbonyl (C=O) groups excluding carboxylic acids is 1. The molecular formula is C13H17FN2O4. The number of esters is 1. The van der Waals surface area contributed by atoms with E-state index >= 15 is 0 Å². The average molecular weight is 284 g/mol. The standard InChI is InChI=1S/C13H17FN2O4/c1-13(2,3)20-12(17)9(15)7-8-5-4-6-10(11(8)14)16(18)19/h4-6,9H,7,15H2,1-3H3. The first-order valence-corrected chi connectivity index (χ1v) is 6.02. The van der Waals surface area contributed by atoms with Gasteiger partial charge in [-0.05, 0) is 26.3 Å². The van der Waals surface area contributed by atoms with Crippen molar-refractivity contribution < 1.29 is 18.8 Å². The number of nitrogens with two attached hydrogens (primary N) is 1. The van der Waals surface area contributed by atoms with Gasteiger partial charge in [0.2, 0.25) is 5.82 Å². The van der Waals surface area contributed by atoms with Gasteiger partial charge in [0.05, 0.1) is 4.92 Å². The Morgan fingerprint density at radius 1 is 1.50 bits per heavy atom. The van der Waals surface area contributed by atoms with Crippen LogP contribution < -0.4 is 5.73 Å². The first-order chi connectivity index (χ1) is 9.11. The lowest BCUT2D eigenvalue weighted by molar-refractivity contribution is -0.387. The minimum Gasteiger partial charge on any atom is -0.459 e. The van der Waals surface area contributed by atoms with Crippen molar-refractivity contribution in [2.24, 2.45) is 5.73 Å². The maximum absolute atomic E-state index is 13.8. The molecule has 0 aliphatic heterocycles. The zero-order valence-electron chi connectivity index (χ0n) is 11.6. The third-order valence-electron chi connectivity index (χ3n) is 2.40. The summed E-state index contributed by atoms with van der Waals surface area (Å²) in [5.41, 5.74) is 4.31. The fourth-order valence-corrected chi connectivity index (χ4v) is 1.56. The first-order valence-electron chi connectivity index (χ1n) is 6.02. The largest absolute Gasteiger partial charge is 0.459 e. The quantitative estimate of drug-likeness (QED) is 0.518. The molecule has 1 aromatic rings. The Labute approximate surface area is 115 Å². The van der Waals surface area contributed by atoms with Crippen LogP contribution in [0.3, 0.4) is 0 Å². The van der Waals surface area contributed by atoms with E-state index in [0.717, 1.165) is 6.07 Å². The fraction of sp³-hybridized carbons (Fsp3) is 0.462. The molecule has 1 atom stereocenters. The van der Waals surface area contributed by atoms with Crippen LogP contribution in [0.15, 0.2) is 18.2 Å². The summed E-state index contributed by atoms with van der Waals surface area (Å²) in [6.45, 7) is 5.06. The summed E-state index contributed by atoms with van der Waals surface area (Å²) in [5.74, 6) is -1.65. The predicted molar refractivity (Wildman–Crippen MR) is 70.6 cm³/mol. The summed E-state index contributed by atoms with van der Waals surface area (Å²) in [6, 6.07) is 2.67. The smallest absolute Gasteiger partial charge is 0.323 e. The van der Waals surface area contributed by atoms with Crippen molar-refractivity contribution in [2.45, 2.75) is 38.8 Å². The van der Waals surface area contributed by atoms with E-state index in [0.29, 0.717) is 0 Å². The topological polar surface area (TPSA) is 95.5 Å². The van der Waals surface area contributed by atoms with Gasteiger partial charge in [-0.15, -0.1) is 0 Å². The first kappa shape index (κ1) is 16.0. The number of nitrogens with zero attached hydrogens (tertiary/aromatic N) is 1. The van der Waals surface area contributed by atoms with E-state index in [4.69, 9.17) is 10.5 Å². The molecule has 0 amide bonds. The van der Waals surface area contributed by atoms with Gasteiger partial charge in [0.15, 0.2) is 0 Å². The van der Waals surface area contributed by atoms with E-state index in [1.165, 1.54) is 12.1 Å². The molecule has 1 unspecified atom stereocenters. The molecule has 0 aliphatic rings. The monoisotopic (exact) mass is 284 g/mol. The number of carbonyl (C=O) groups is 1. The molecule has 0 saturated carbocycles. The highest BCUT2D eigenvalue weighted by molar-refractivity contribution is 5.76. The van der Waals surface area contributed by atoms with Gasteiger partial charge in [0.1, 0.15) is 11.6 Å². The third-order valence-corrected chi connectivity index (χ3v) is 2.40. The summed E-state index contributed by atoms with van der Waals surface area (Å²) in [6.07, 6.45) is -0.164. The Morgan fingerprint density at radius 2 is 2.10 bits per heavy atom. The highest BCUT2D eigenvalue weighted by Crippen LogP contribution is 2.21. The molecule has 2 N–H and O–H groups in total. The molecule has 1 aromatic carbocycles. The number of benzene rings is 1. The number of nitro benzene ring substituents is 1. The van der Waals surface area contributed by atoms with Crippen LogP contribution in [0.5, 0.6) is 0 Å². The Balaban J connectivity index is 2.86. The van der Waals surface area contributed by atoms with Gasteiger partial charge in [-0.25, -0.2) is 0 Å². The van der Waals surface area contributed by atoms with Gasteiger partial charge in [-0.2, -0.15) is 4.39 Å². The van der Waals surface area contributed by atoms with Crippen LogP contribution in [0.4, 0.5) is 10.1 Å². The molecule has 0 saturated heterocycles. The van der Waals surface area contributed by atoms with Crippen molar-refractivity contribution in [2.75, 3.05) is 0 Å². The van der Waals surface area contributed by atoms with Crippen LogP contribution in [0.2, 0.25) is 0 Å². The molecule has 110 valence electrons. The summed E-state index contributed by atoms with van der Waals surface area (Å²) in [5, 5.41) is 10.6. The van der Waals surface area contributed by atoms with Crippen molar-refractivity contribution in [1.82, 2.24) is 0 Å². The predicted octanol–water partition coefficient (Wildman–Crippen LogP) is 1.95. The number of hydrogen-bond donors (Lipinski definition) is 1. The van der Waals surface area contributed by atoms with Gasteiger partial charge >= 0.3 is 11.7 Å². The van der Waals surface area contributed by atoms with Gasteiger partial charge in [0.25, 0.3) is 0 Å². The van der Waals surface area contributed by atoms with E-state index in [1.54, 1.807) is 20.8 Å². The van der Waals surface area contributed by atoms with Crippen molar-refractivity contribution >= 4 is 11.7 Å². The summed E-state index contributed by atoms with van der Waals surface area (Å²) in [7, 11) is 0. The number of halogens is 1. The number of ether oxygens (including phenoxy) is 1. The van der Waals surface area contributed by atoms with Crippen molar-refractivity contribution in [3.05, 3.63) is 39.7 Å². The third kappa shape index (κ3) is 4.27. The Bertz CT molecular complexity index is 526. The van der Waals surface area contributed by atoms with Crippen molar-refractivity contribution in [3.63, 3.8) is 0 Å². The van der Waals surface area contributed by atoms with Gasteiger partial charge < -0.3 is 10.5 Å². The van der Waals surface area contributed by atoms with Crippen LogP contribution >= 0.6 is 0 Å². The van der Waals surface area contributed by atoms with Crippen LogP contribution in [0, 0.1) is 15.9 Å². The van der Waals surface area contributed by atoms with Crippen LogP contribution in [0.25, 0.3) is 0 Å². The highest BCUT2D eigenvalue weighted by atomic mass is 19.1. The lowest BCUT2D eigenvalue weighted by atomic mass is 10.0. The SMILES string of the molecule is CC(C)(C)OC(=O)C(N)Cc1cccc([N+](=O)[O-])c1F. The molecule has 1 rings (SSSR count). The van der Waals surface area contributed by atoms with E-state index in [9.17, 15) is 19.3 Å². The molecule has 0 heterocycles. The Kier molecular flexibility index (Phi) is 4.78. The highest BCUT2D eigenvalue weighted by Gasteiger charge is 2.25. The van der Waals surface area contributed by atoms with Crippen LogP contribution in [0.1, 0.15) is 26.3 Å². The molecule has 0 bridgehead atoms. The maximum Gasteiger partial charge on any atom is 0.323 e. The number of hydrogen-bond acceptors (Lipinski definition) is 5. The second-order valence-corrected chi connectivity index (χ2v) is 5.35. The summed E-state index contributed by atoms with van der Waals surface area (Å²) >= 11 is 0.